The van der Waals surface area contributed by atoms with Crippen LogP contribution in [0.1, 0.15) is 43.8 Å². The van der Waals surface area contributed by atoms with E-state index in [4.69, 9.17) is 12.2 Å². The highest BCUT2D eigenvalue weighted by atomic mass is 32.1. The Hall–Kier alpha value is -0.940. The van der Waals surface area contributed by atoms with Crippen LogP contribution in [0, 0.1) is 4.64 Å². The van der Waals surface area contributed by atoms with Gasteiger partial charge < -0.3 is 15.2 Å². The van der Waals surface area contributed by atoms with Gasteiger partial charge in [0.15, 0.2) is 0 Å². The third-order valence-corrected chi connectivity index (χ3v) is 3.84. The fourth-order valence-electron chi connectivity index (χ4n) is 2.56. The van der Waals surface area contributed by atoms with E-state index in [1.54, 1.807) is 0 Å². The van der Waals surface area contributed by atoms with Crippen molar-refractivity contribution in [1.29, 1.82) is 0 Å². The smallest absolute Gasteiger partial charge is 0.131 e. The summed E-state index contributed by atoms with van der Waals surface area (Å²) < 4.78 is 0.687. The molecule has 0 amide bonds. The second kappa shape index (κ2) is 7.01. The molecule has 1 saturated carbocycles. The van der Waals surface area contributed by atoms with Crippen LogP contribution >= 0.6 is 12.2 Å². The van der Waals surface area contributed by atoms with E-state index in [0.717, 1.165) is 24.7 Å². The molecule has 19 heavy (non-hydrogen) atoms. The minimum Gasteiger partial charge on any atom is -0.370 e. The number of nitrogens with one attached hydrogen (secondary N) is 2. The lowest BCUT2D eigenvalue weighted by molar-refractivity contribution is 0.423. The maximum atomic E-state index is 5.28. The number of likely N-dealkylation sites (N-methyl/N-ethyl adjacent to an activating group) is 1. The molecule has 0 aliphatic heterocycles. The molecule has 0 radical (unpaired) electrons. The van der Waals surface area contributed by atoms with Crippen LogP contribution in [0.25, 0.3) is 0 Å². The molecule has 0 atom stereocenters. The molecule has 4 nitrogen and oxygen atoms in total. The molecule has 1 aliphatic carbocycles. The van der Waals surface area contributed by atoms with Crippen molar-refractivity contribution in [3.8, 4) is 0 Å². The lowest BCUT2D eigenvalue weighted by Gasteiger charge is -2.21. The fraction of sp³-hybridized carbons (Fsp3) is 0.714. The fourth-order valence-corrected chi connectivity index (χ4v) is 2.77. The summed E-state index contributed by atoms with van der Waals surface area (Å²) in [6.07, 6.45) is 6.45. The third-order valence-electron chi connectivity index (χ3n) is 3.63. The average Bonchev–Trinajstić information content (AvgIpc) is 2.39. The predicted molar refractivity (Wildman–Crippen MR) is 82.3 cm³/mol. The molecular weight excluding hydrogens is 256 g/mol. The van der Waals surface area contributed by atoms with E-state index in [1.807, 2.05) is 6.07 Å². The minimum absolute atomic E-state index is 0.561. The van der Waals surface area contributed by atoms with E-state index in [0.29, 0.717) is 10.6 Å². The first-order valence-electron chi connectivity index (χ1n) is 7.15. The monoisotopic (exact) mass is 280 g/mol. The number of nitrogens with zero attached hydrogens (tertiary/aromatic N) is 2. The number of anilines is 1. The van der Waals surface area contributed by atoms with Gasteiger partial charge in [-0.05, 0) is 26.9 Å². The SMILES string of the molecule is CN(C)CCNc1cc(=S)nc(C2CCCCC2)[nH]1. The summed E-state index contributed by atoms with van der Waals surface area (Å²) in [6, 6.07) is 1.91. The third kappa shape index (κ3) is 4.58. The van der Waals surface area contributed by atoms with E-state index in [2.05, 4.69) is 34.3 Å². The molecule has 1 aromatic heterocycles. The summed E-state index contributed by atoms with van der Waals surface area (Å²) in [6.45, 7) is 1.91. The molecule has 1 heterocycles. The zero-order chi connectivity index (χ0) is 13.7. The molecule has 1 aliphatic rings. The van der Waals surface area contributed by atoms with Crippen molar-refractivity contribution in [3.63, 3.8) is 0 Å². The second-order valence-electron chi connectivity index (χ2n) is 5.58. The molecule has 0 bridgehead atoms. The van der Waals surface area contributed by atoms with E-state index >= 15 is 0 Å². The second-order valence-corrected chi connectivity index (χ2v) is 6.00. The van der Waals surface area contributed by atoms with Crippen LogP contribution in [0.5, 0.6) is 0 Å². The van der Waals surface area contributed by atoms with Crippen molar-refractivity contribution in [3.05, 3.63) is 16.5 Å². The van der Waals surface area contributed by atoms with E-state index in [9.17, 15) is 0 Å². The molecule has 1 fully saturated rings. The Labute approximate surface area is 120 Å². The van der Waals surface area contributed by atoms with Gasteiger partial charge in [-0.2, -0.15) is 0 Å². The van der Waals surface area contributed by atoms with Crippen molar-refractivity contribution >= 4 is 18.0 Å². The topological polar surface area (TPSA) is 44.0 Å². The number of hydrogen-bond donors (Lipinski definition) is 2. The minimum atomic E-state index is 0.561. The lowest BCUT2D eigenvalue weighted by atomic mass is 9.89. The van der Waals surface area contributed by atoms with Gasteiger partial charge in [0, 0.05) is 25.1 Å². The Bertz CT molecular complexity index is 449. The molecule has 5 heteroatoms. The van der Waals surface area contributed by atoms with Gasteiger partial charge in [-0.15, -0.1) is 0 Å². The lowest BCUT2D eigenvalue weighted by Crippen LogP contribution is -2.21. The van der Waals surface area contributed by atoms with E-state index < -0.39 is 0 Å². The Morgan fingerprint density at radius 1 is 1.37 bits per heavy atom. The first-order valence-corrected chi connectivity index (χ1v) is 7.56. The molecule has 2 rings (SSSR count). The molecule has 0 aromatic carbocycles. The molecular formula is C14H24N4S. The van der Waals surface area contributed by atoms with Crippen LogP contribution in [0.4, 0.5) is 5.82 Å². The number of aromatic nitrogens is 2. The summed E-state index contributed by atoms with van der Waals surface area (Å²) in [5, 5.41) is 3.39. The highest BCUT2D eigenvalue weighted by molar-refractivity contribution is 7.71. The van der Waals surface area contributed by atoms with Crippen molar-refractivity contribution in [2.45, 2.75) is 38.0 Å². The quantitative estimate of drug-likeness (QED) is 0.813. The zero-order valence-corrected chi connectivity index (χ0v) is 12.7. The van der Waals surface area contributed by atoms with Crippen molar-refractivity contribution in [2.75, 3.05) is 32.5 Å². The first kappa shape index (κ1) is 14.5. The van der Waals surface area contributed by atoms with Crippen LogP contribution in [0.3, 0.4) is 0 Å². The number of H-pyrrole nitrogens is 1. The average molecular weight is 280 g/mol. The normalized spacial score (nSPS) is 16.8. The number of rotatable bonds is 5. The summed E-state index contributed by atoms with van der Waals surface area (Å²) in [5.41, 5.74) is 0. The van der Waals surface area contributed by atoms with Crippen molar-refractivity contribution in [2.24, 2.45) is 0 Å². The van der Waals surface area contributed by atoms with E-state index in [-0.39, 0.29) is 0 Å². The van der Waals surface area contributed by atoms with Crippen LogP contribution in [-0.4, -0.2) is 42.1 Å². The van der Waals surface area contributed by atoms with Gasteiger partial charge in [-0.1, -0.05) is 31.5 Å². The molecule has 2 N–H and O–H groups in total. The highest BCUT2D eigenvalue weighted by Crippen LogP contribution is 2.30. The highest BCUT2D eigenvalue weighted by Gasteiger charge is 2.17. The summed E-state index contributed by atoms with van der Waals surface area (Å²) in [7, 11) is 4.15. The van der Waals surface area contributed by atoms with Gasteiger partial charge in [-0.25, -0.2) is 4.98 Å². The van der Waals surface area contributed by atoms with Gasteiger partial charge in [0.25, 0.3) is 0 Å². The number of hydrogen-bond acceptors (Lipinski definition) is 4. The molecule has 1 aromatic rings. The van der Waals surface area contributed by atoms with Crippen molar-refractivity contribution < 1.29 is 0 Å². The number of aromatic amines is 1. The maximum Gasteiger partial charge on any atom is 0.131 e. The standard InChI is InChI=1S/C14H24N4S/c1-18(2)9-8-15-12-10-13(19)17-14(16-12)11-6-4-3-5-7-11/h10-11H,3-9H2,1-2H3,(H2,15,16,17,19). The summed E-state index contributed by atoms with van der Waals surface area (Å²) in [5.74, 6) is 2.63. The Kier molecular flexibility index (Phi) is 5.34. The van der Waals surface area contributed by atoms with Crippen LogP contribution in [0.2, 0.25) is 0 Å². The Morgan fingerprint density at radius 2 is 2.11 bits per heavy atom. The van der Waals surface area contributed by atoms with Crippen LogP contribution in [0.15, 0.2) is 6.07 Å². The molecule has 0 spiro atoms. The zero-order valence-electron chi connectivity index (χ0n) is 11.9. The van der Waals surface area contributed by atoms with Gasteiger partial charge in [0.1, 0.15) is 16.3 Å². The Balaban J connectivity index is 2.03. The molecule has 0 saturated heterocycles. The van der Waals surface area contributed by atoms with Crippen LogP contribution < -0.4 is 5.32 Å². The van der Waals surface area contributed by atoms with Crippen LogP contribution in [-0.2, 0) is 0 Å². The van der Waals surface area contributed by atoms with Gasteiger partial charge in [0.05, 0.1) is 0 Å². The predicted octanol–water partition coefficient (Wildman–Crippen LogP) is 3.16. The maximum absolute atomic E-state index is 5.28. The van der Waals surface area contributed by atoms with Gasteiger partial charge in [0.2, 0.25) is 0 Å². The molecule has 0 unspecified atom stereocenters. The molecule has 106 valence electrons. The van der Waals surface area contributed by atoms with Crippen molar-refractivity contribution in [1.82, 2.24) is 14.9 Å². The Morgan fingerprint density at radius 3 is 2.79 bits per heavy atom. The largest absolute Gasteiger partial charge is 0.370 e. The van der Waals surface area contributed by atoms with Gasteiger partial charge >= 0.3 is 0 Å². The summed E-state index contributed by atoms with van der Waals surface area (Å²) >= 11 is 5.28. The first-order chi connectivity index (χ1) is 9.15. The summed E-state index contributed by atoms with van der Waals surface area (Å²) in [4.78, 5) is 10.1. The van der Waals surface area contributed by atoms with Gasteiger partial charge in [-0.3, -0.25) is 0 Å². The van der Waals surface area contributed by atoms with E-state index in [1.165, 1.54) is 32.1 Å².